The average molecular weight is 428 g/mol. The number of benzene rings is 2. The molecule has 0 aliphatic heterocycles. The molecule has 0 aliphatic rings. The van der Waals surface area contributed by atoms with Crippen molar-refractivity contribution in [3.63, 3.8) is 0 Å². The Kier molecular flexibility index (Phi) is 6.57. The van der Waals surface area contributed by atoms with Gasteiger partial charge in [-0.25, -0.2) is 0 Å². The number of anilines is 3. The molecule has 29 heavy (non-hydrogen) atoms. The Bertz CT molecular complexity index is 1060. The molecular formula is C19H15Cl2N7O. The topological polar surface area (TPSA) is 130 Å². The van der Waals surface area contributed by atoms with Crippen LogP contribution >= 0.6 is 23.2 Å². The van der Waals surface area contributed by atoms with E-state index in [1.165, 1.54) is 0 Å². The van der Waals surface area contributed by atoms with E-state index in [-0.39, 0.29) is 24.9 Å². The molecule has 1 heterocycles. The lowest BCUT2D eigenvalue weighted by atomic mass is 10.1. The predicted octanol–water partition coefficient (Wildman–Crippen LogP) is 3.28. The first-order valence-corrected chi connectivity index (χ1v) is 9.19. The Morgan fingerprint density at radius 1 is 1.03 bits per heavy atom. The van der Waals surface area contributed by atoms with Gasteiger partial charge in [-0.15, -0.1) is 0 Å². The molecule has 0 spiro atoms. The number of hydrogen-bond donors (Lipinski definition) is 3. The molecule has 4 N–H and O–H groups in total. The summed E-state index contributed by atoms with van der Waals surface area (Å²) in [7, 11) is 0. The molecule has 0 bridgehead atoms. The fraction of sp³-hybridized carbons (Fsp3) is 0.105. The molecule has 0 unspecified atom stereocenters. The third kappa shape index (κ3) is 5.39. The van der Waals surface area contributed by atoms with E-state index in [9.17, 15) is 4.79 Å². The summed E-state index contributed by atoms with van der Waals surface area (Å²) >= 11 is 12.5. The van der Waals surface area contributed by atoms with Gasteiger partial charge >= 0.3 is 0 Å². The van der Waals surface area contributed by atoms with Crippen molar-refractivity contribution in [3.8, 4) is 6.07 Å². The van der Waals surface area contributed by atoms with Gasteiger partial charge in [-0.1, -0.05) is 29.3 Å². The first-order valence-electron chi connectivity index (χ1n) is 8.43. The second-order valence-corrected chi connectivity index (χ2v) is 6.66. The summed E-state index contributed by atoms with van der Waals surface area (Å²) in [6.07, 6.45) is 0.231. The molecule has 1 aromatic heterocycles. The van der Waals surface area contributed by atoms with Crippen LogP contribution in [0.4, 0.5) is 17.6 Å². The van der Waals surface area contributed by atoms with E-state index in [1.807, 2.05) is 6.07 Å². The maximum Gasteiger partial charge on any atom is 0.240 e. The highest BCUT2D eigenvalue weighted by Crippen LogP contribution is 2.26. The van der Waals surface area contributed by atoms with Gasteiger partial charge in [0, 0.05) is 22.2 Å². The molecule has 0 radical (unpaired) electrons. The fourth-order valence-electron chi connectivity index (χ4n) is 2.40. The highest BCUT2D eigenvalue weighted by Gasteiger charge is 2.13. The number of rotatable bonds is 6. The molecule has 0 atom stereocenters. The number of carbonyl (C=O) groups excluding carboxylic acids is 1. The molecule has 0 fully saturated rings. The lowest BCUT2D eigenvalue weighted by molar-refractivity contribution is -0.114. The summed E-state index contributed by atoms with van der Waals surface area (Å²) in [5.74, 6) is 0.153. The summed E-state index contributed by atoms with van der Waals surface area (Å²) < 4.78 is 0. The van der Waals surface area contributed by atoms with E-state index in [2.05, 4.69) is 25.6 Å². The number of nitrogens with zero attached hydrogens (tertiary/aromatic N) is 4. The quantitative estimate of drug-likeness (QED) is 0.549. The van der Waals surface area contributed by atoms with Crippen LogP contribution in [-0.4, -0.2) is 27.4 Å². The van der Waals surface area contributed by atoms with E-state index in [0.717, 1.165) is 0 Å². The van der Waals surface area contributed by atoms with Crippen molar-refractivity contribution < 1.29 is 4.79 Å². The molecule has 3 aromatic rings. The minimum atomic E-state index is -0.442. The number of nitrogens with one attached hydrogen (secondary N) is 2. The Morgan fingerprint density at radius 2 is 1.69 bits per heavy atom. The van der Waals surface area contributed by atoms with Crippen molar-refractivity contribution in [2.75, 3.05) is 17.2 Å². The van der Waals surface area contributed by atoms with Gasteiger partial charge in [-0.05, 0) is 42.0 Å². The van der Waals surface area contributed by atoms with Crippen molar-refractivity contribution in [2.45, 2.75) is 6.42 Å². The Labute approximate surface area is 176 Å². The van der Waals surface area contributed by atoms with Crippen LogP contribution in [0.5, 0.6) is 0 Å². The number of carbonyl (C=O) groups is 1. The monoisotopic (exact) mass is 427 g/mol. The van der Waals surface area contributed by atoms with Crippen LogP contribution in [-0.2, 0) is 11.2 Å². The largest absolute Gasteiger partial charge is 0.324 e. The molecule has 2 aromatic carbocycles. The lowest BCUT2D eigenvalue weighted by Gasteiger charge is -2.11. The minimum Gasteiger partial charge on any atom is -0.324 e. The second-order valence-electron chi connectivity index (χ2n) is 5.84. The highest BCUT2D eigenvalue weighted by molar-refractivity contribution is 6.36. The summed E-state index contributed by atoms with van der Waals surface area (Å²) in [4.78, 5) is 24.5. The van der Waals surface area contributed by atoms with E-state index in [1.54, 1.807) is 42.5 Å². The van der Waals surface area contributed by atoms with E-state index < -0.39 is 5.91 Å². The van der Waals surface area contributed by atoms with Crippen molar-refractivity contribution in [1.29, 1.82) is 5.26 Å². The van der Waals surface area contributed by atoms with Crippen molar-refractivity contribution in [3.05, 3.63) is 69.5 Å². The molecule has 0 saturated carbocycles. The normalized spacial score (nSPS) is 10.3. The Hall–Kier alpha value is -3.25. The average Bonchev–Trinajstić information content (AvgIpc) is 2.71. The van der Waals surface area contributed by atoms with Gasteiger partial charge in [0.1, 0.15) is 5.82 Å². The molecule has 3 rings (SSSR count). The Balaban J connectivity index is 1.94. The summed E-state index contributed by atoms with van der Waals surface area (Å²) in [5, 5.41) is 15.4. The molecule has 8 nitrogen and oxygen atoms in total. The number of nitriles is 1. The maximum absolute atomic E-state index is 11.7. The van der Waals surface area contributed by atoms with Crippen LogP contribution in [0.15, 0.2) is 42.5 Å². The molecular weight excluding hydrogens is 413 g/mol. The molecule has 0 aliphatic carbocycles. The van der Waals surface area contributed by atoms with Gasteiger partial charge < -0.3 is 11.1 Å². The van der Waals surface area contributed by atoms with Crippen LogP contribution in [0.3, 0.4) is 0 Å². The van der Waals surface area contributed by atoms with Gasteiger partial charge in [0.15, 0.2) is 0 Å². The summed E-state index contributed by atoms with van der Waals surface area (Å²) in [5.41, 5.74) is 7.19. The zero-order chi connectivity index (χ0) is 20.8. The van der Waals surface area contributed by atoms with Gasteiger partial charge in [-0.2, -0.15) is 20.2 Å². The van der Waals surface area contributed by atoms with Crippen LogP contribution in [0.1, 0.15) is 17.0 Å². The number of amides is 1. The maximum atomic E-state index is 11.7. The minimum absolute atomic E-state index is 0.0461. The second kappa shape index (κ2) is 9.30. The first-order chi connectivity index (χ1) is 14.0. The lowest BCUT2D eigenvalue weighted by Crippen LogP contribution is -2.23. The van der Waals surface area contributed by atoms with Gasteiger partial charge in [0.2, 0.25) is 17.8 Å². The molecule has 1 amide bonds. The SMILES string of the molecule is N#Cc1ccc(Nc2nc(Cc3c(Cl)cccc3Cl)nc(NC(=O)CN)n2)cc1. The first kappa shape index (κ1) is 20.5. The molecule has 146 valence electrons. The summed E-state index contributed by atoms with van der Waals surface area (Å²) in [6.45, 7) is -0.213. The van der Waals surface area contributed by atoms with Crippen molar-refractivity contribution in [2.24, 2.45) is 5.73 Å². The molecule has 10 heteroatoms. The number of nitrogens with two attached hydrogens (primary N) is 1. The number of halogens is 2. The number of hydrogen-bond acceptors (Lipinski definition) is 7. The van der Waals surface area contributed by atoms with Crippen molar-refractivity contribution in [1.82, 2.24) is 15.0 Å². The third-order valence-corrected chi connectivity index (χ3v) is 4.49. The standard InChI is InChI=1S/C19H15Cl2N7O/c20-14-2-1-3-15(21)13(14)8-16-25-18(28-19(26-16)27-17(29)10-23)24-12-6-4-11(9-22)5-7-12/h1-7H,8,10,23H2,(H2,24,25,26,27,28,29). The van der Waals surface area contributed by atoms with Gasteiger partial charge in [-0.3, -0.25) is 10.1 Å². The zero-order valence-electron chi connectivity index (χ0n) is 15.0. The number of aromatic nitrogens is 3. The summed E-state index contributed by atoms with van der Waals surface area (Å²) in [6, 6.07) is 14.0. The fourth-order valence-corrected chi connectivity index (χ4v) is 2.93. The third-order valence-electron chi connectivity index (χ3n) is 3.79. The van der Waals surface area contributed by atoms with Crippen molar-refractivity contribution >= 4 is 46.7 Å². The zero-order valence-corrected chi connectivity index (χ0v) is 16.5. The highest BCUT2D eigenvalue weighted by atomic mass is 35.5. The predicted molar refractivity (Wildman–Crippen MR) is 111 cm³/mol. The van der Waals surface area contributed by atoms with Crippen LogP contribution in [0, 0.1) is 11.3 Å². The van der Waals surface area contributed by atoms with Gasteiger partial charge in [0.25, 0.3) is 0 Å². The Morgan fingerprint density at radius 3 is 2.31 bits per heavy atom. The van der Waals surface area contributed by atoms with Crippen LogP contribution in [0.25, 0.3) is 0 Å². The van der Waals surface area contributed by atoms with Crippen LogP contribution in [0.2, 0.25) is 10.0 Å². The van der Waals surface area contributed by atoms with E-state index in [0.29, 0.717) is 32.7 Å². The van der Waals surface area contributed by atoms with E-state index in [4.69, 9.17) is 34.2 Å². The van der Waals surface area contributed by atoms with Gasteiger partial charge in [0.05, 0.1) is 18.2 Å². The van der Waals surface area contributed by atoms with Crippen LogP contribution < -0.4 is 16.4 Å². The van der Waals surface area contributed by atoms with E-state index >= 15 is 0 Å². The smallest absolute Gasteiger partial charge is 0.240 e. The molecule has 0 saturated heterocycles.